The van der Waals surface area contributed by atoms with E-state index in [0.29, 0.717) is 5.92 Å². The zero-order valence-corrected chi connectivity index (χ0v) is 12.1. The van der Waals surface area contributed by atoms with Crippen molar-refractivity contribution in [2.45, 2.75) is 45.1 Å². The minimum absolute atomic E-state index is 0.145. The summed E-state index contributed by atoms with van der Waals surface area (Å²) in [7, 11) is 0. The predicted octanol–water partition coefficient (Wildman–Crippen LogP) is 4.24. The quantitative estimate of drug-likeness (QED) is 0.885. The van der Waals surface area contributed by atoms with Gasteiger partial charge >= 0.3 is 0 Å². The van der Waals surface area contributed by atoms with E-state index in [4.69, 9.17) is 0 Å². The largest absolute Gasteiger partial charge is 0.392 e. The normalized spacial score (nSPS) is 27.9. The Balaban J connectivity index is 1.89. The Morgan fingerprint density at radius 2 is 2.31 bits per heavy atom. The van der Waals surface area contributed by atoms with Gasteiger partial charge < -0.3 is 5.11 Å². The molecule has 1 aromatic rings. The van der Waals surface area contributed by atoms with Crippen LogP contribution in [0.25, 0.3) is 0 Å². The van der Waals surface area contributed by atoms with Crippen molar-refractivity contribution >= 4 is 27.3 Å². The van der Waals surface area contributed by atoms with Crippen LogP contribution < -0.4 is 0 Å². The number of hydrogen-bond acceptors (Lipinski definition) is 2. The molecule has 0 bridgehead atoms. The van der Waals surface area contributed by atoms with Gasteiger partial charge in [0, 0.05) is 11.3 Å². The molecule has 2 rings (SSSR count). The van der Waals surface area contributed by atoms with Crippen molar-refractivity contribution < 1.29 is 5.11 Å². The third-order valence-electron chi connectivity index (χ3n) is 3.56. The highest BCUT2D eigenvalue weighted by molar-refractivity contribution is 9.11. The van der Waals surface area contributed by atoms with E-state index in [0.717, 1.165) is 16.1 Å². The van der Waals surface area contributed by atoms with E-state index in [1.165, 1.54) is 30.6 Å². The first kappa shape index (κ1) is 12.6. The first-order valence-corrected chi connectivity index (χ1v) is 7.68. The lowest BCUT2D eigenvalue weighted by Gasteiger charge is -2.30. The fourth-order valence-electron chi connectivity index (χ4n) is 2.66. The molecule has 16 heavy (non-hydrogen) atoms. The lowest BCUT2D eigenvalue weighted by atomic mass is 9.79. The minimum atomic E-state index is -0.145. The van der Waals surface area contributed by atoms with Crippen LogP contribution in [0.5, 0.6) is 0 Å². The summed E-state index contributed by atoms with van der Waals surface area (Å²) >= 11 is 5.20. The van der Waals surface area contributed by atoms with Gasteiger partial charge in [-0.05, 0) is 52.7 Å². The van der Waals surface area contributed by atoms with Gasteiger partial charge in [-0.1, -0.05) is 19.8 Å². The summed E-state index contributed by atoms with van der Waals surface area (Å²) in [6.07, 6.45) is 5.72. The summed E-state index contributed by atoms with van der Waals surface area (Å²) in [4.78, 5) is 1.29. The van der Waals surface area contributed by atoms with E-state index in [2.05, 4.69) is 35.0 Å². The monoisotopic (exact) mass is 302 g/mol. The number of halogens is 1. The maximum atomic E-state index is 10.2. The van der Waals surface area contributed by atoms with E-state index in [-0.39, 0.29) is 6.10 Å². The average molecular weight is 303 g/mol. The van der Waals surface area contributed by atoms with Crippen LogP contribution in [0.4, 0.5) is 0 Å². The molecule has 1 aliphatic rings. The van der Waals surface area contributed by atoms with Crippen LogP contribution in [-0.4, -0.2) is 11.2 Å². The lowest BCUT2D eigenvalue weighted by Crippen LogP contribution is -2.27. The van der Waals surface area contributed by atoms with Crippen LogP contribution >= 0.6 is 27.3 Å². The van der Waals surface area contributed by atoms with Crippen molar-refractivity contribution in [2.75, 3.05) is 0 Å². The number of aliphatic hydroxyl groups is 1. The second-order valence-corrected chi connectivity index (χ2v) is 7.56. The van der Waals surface area contributed by atoms with Crippen molar-refractivity contribution in [1.29, 1.82) is 0 Å². The Kier molecular flexibility index (Phi) is 4.45. The van der Waals surface area contributed by atoms with Crippen molar-refractivity contribution in [3.63, 3.8) is 0 Å². The molecule has 0 spiro atoms. The fourth-order valence-corrected chi connectivity index (χ4v) is 4.20. The Morgan fingerprint density at radius 3 is 2.94 bits per heavy atom. The molecule has 90 valence electrons. The van der Waals surface area contributed by atoms with Gasteiger partial charge in [0.1, 0.15) is 0 Å². The highest BCUT2D eigenvalue weighted by atomic mass is 79.9. The Labute approximate surface area is 110 Å². The highest BCUT2D eigenvalue weighted by Gasteiger charge is 2.25. The van der Waals surface area contributed by atoms with Crippen molar-refractivity contribution in [2.24, 2.45) is 11.8 Å². The zero-order valence-electron chi connectivity index (χ0n) is 9.66. The zero-order chi connectivity index (χ0) is 11.5. The molecule has 1 saturated carbocycles. The molecule has 3 atom stereocenters. The summed E-state index contributed by atoms with van der Waals surface area (Å²) in [6, 6.07) is 4.18. The van der Waals surface area contributed by atoms with Gasteiger partial charge in [-0.3, -0.25) is 0 Å². The molecule has 1 heterocycles. The standard InChI is InChI=1S/C13H19BrOS/c1-9-3-2-4-10(7-9)12(15)8-11-5-6-13(14)16-11/h5-6,9-10,12,15H,2-4,7-8H2,1H3. The molecule has 0 saturated heterocycles. The third-order valence-corrected chi connectivity index (χ3v) is 5.21. The molecule has 1 aliphatic carbocycles. The SMILES string of the molecule is CC1CCCC(C(O)Cc2ccc(Br)s2)C1. The maximum Gasteiger partial charge on any atom is 0.0701 e. The van der Waals surface area contributed by atoms with Gasteiger partial charge in [0.15, 0.2) is 0 Å². The van der Waals surface area contributed by atoms with E-state index < -0.39 is 0 Å². The smallest absolute Gasteiger partial charge is 0.0701 e. The number of hydrogen-bond donors (Lipinski definition) is 1. The second kappa shape index (κ2) is 5.65. The first-order chi connectivity index (χ1) is 7.65. The Morgan fingerprint density at radius 1 is 1.50 bits per heavy atom. The van der Waals surface area contributed by atoms with Gasteiger partial charge in [0.25, 0.3) is 0 Å². The van der Waals surface area contributed by atoms with Crippen LogP contribution in [0, 0.1) is 11.8 Å². The fraction of sp³-hybridized carbons (Fsp3) is 0.692. The van der Waals surface area contributed by atoms with Crippen LogP contribution in [0.1, 0.15) is 37.5 Å². The molecule has 1 N–H and O–H groups in total. The van der Waals surface area contributed by atoms with Gasteiger partial charge in [0.2, 0.25) is 0 Å². The first-order valence-electron chi connectivity index (χ1n) is 6.07. The Bertz CT molecular complexity index is 336. The summed E-state index contributed by atoms with van der Waals surface area (Å²) in [5.41, 5.74) is 0. The van der Waals surface area contributed by atoms with E-state index in [1.54, 1.807) is 11.3 Å². The molecule has 0 aliphatic heterocycles. The molecule has 0 radical (unpaired) electrons. The molecule has 0 aromatic carbocycles. The highest BCUT2D eigenvalue weighted by Crippen LogP contribution is 2.33. The van der Waals surface area contributed by atoms with E-state index in [9.17, 15) is 5.11 Å². The lowest BCUT2D eigenvalue weighted by molar-refractivity contribution is 0.0726. The summed E-state index contributed by atoms with van der Waals surface area (Å²) < 4.78 is 1.16. The number of rotatable bonds is 3. The Hall–Kier alpha value is 0.140. The van der Waals surface area contributed by atoms with Crippen molar-refractivity contribution in [3.8, 4) is 0 Å². The molecule has 1 nitrogen and oxygen atoms in total. The third kappa shape index (κ3) is 3.31. The van der Waals surface area contributed by atoms with Gasteiger partial charge in [-0.15, -0.1) is 11.3 Å². The van der Waals surface area contributed by atoms with Gasteiger partial charge in [-0.25, -0.2) is 0 Å². The molecule has 3 heteroatoms. The summed E-state index contributed by atoms with van der Waals surface area (Å²) in [5.74, 6) is 1.31. The molecular formula is C13H19BrOS. The number of aliphatic hydroxyl groups excluding tert-OH is 1. The van der Waals surface area contributed by atoms with Crippen LogP contribution in [0.2, 0.25) is 0 Å². The van der Waals surface area contributed by atoms with E-state index in [1.807, 2.05) is 0 Å². The van der Waals surface area contributed by atoms with Gasteiger partial charge in [-0.2, -0.15) is 0 Å². The molecule has 1 fully saturated rings. The van der Waals surface area contributed by atoms with Crippen LogP contribution in [0.15, 0.2) is 15.9 Å². The summed E-state index contributed by atoms with van der Waals surface area (Å²) in [6.45, 7) is 2.31. The molecule has 1 aromatic heterocycles. The average Bonchev–Trinajstić information content (AvgIpc) is 2.64. The van der Waals surface area contributed by atoms with Crippen LogP contribution in [0.3, 0.4) is 0 Å². The van der Waals surface area contributed by atoms with E-state index >= 15 is 0 Å². The summed E-state index contributed by atoms with van der Waals surface area (Å²) in [5, 5.41) is 10.2. The molecule has 3 unspecified atom stereocenters. The van der Waals surface area contributed by atoms with Crippen LogP contribution in [-0.2, 0) is 6.42 Å². The minimum Gasteiger partial charge on any atom is -0.392 e. The molecular weight excluding hydrogens is 284 g/mol. The predicted molar refractivity (Wildman–Crippen MR) is 72.9 cm³/mol. The van der Waals surface area contributed by atoms with Crippen molar-refractivity contribution in [1.82, 2.24) is 0 Å². The molecule has 0 amide bonds. The van der Waals surface area contributed by atoms with Crippen molar-refractivity contribution in [3.05, 3.63) is 20.8 Å². The number of thiophene rings is 1. The maximum absolute atomic E-state index is 10.2. The second-order valence-electron chi connectivity index (χ2n) is 5.01. The topological polar surface area (TPSA) is 20.2 Å². The van der Waals surface area contributed by atoms with Gasteiger partial charge in [0.05, 0.1) is 9.89 Å².